The van der Waals surface area contributed by atoms with Gasteiger partial charge in [0.2, 0.25) is 0 Å². The van der Waals surface area contributed by atoms with Crippen molar-refractivity contribution in [3.8, 4) is 0 Å². The first-order valence-corrected chi connectivity index (χ1v) is 7.95. The van der Waals surface area contributed by atoms with Gasteiger partial charge in [0.25, 0.3) is 5.91 Å². The summed E-state index contributed by atoms with van der Waals surface area (Å²) in [6.45, 7) is 1.51. The molecule has 1 amide bonds. The highest BCUT2D eigenvalue weighted by Crippen LogP contribution is 2.26. The Morgan fingerprint density at radius 1 is 1.17 bits per heavy atom. The van der Waals surface area contributed by atoms with Gasteiger partial charge in [-0.2, -0.15) is 5.10 Å². The summed E-state index contributed by atoms with van der Waals surface area (Å²) in [5.41, 5.74) is 2.49. The molecule has 0 radical (unpaired) electrons. The zero-order valence-corrected chi connectivity index (χ0v) is 12.8. The second kappa shape index (κ2) is 5.83. The van der Waals surface area contributed by atoms with Crippen LogP contribution in [0.3, 0.4) is 0 Å². The molecule has 0 aliphatic carbocycles. The number of hydrogen-bond acceptors (Lipinski definition) is 3. The number of nitrogens with zero attached hydrogens (tertiary/aromatic N) is 3. The molecule has 1 N–H and O–H groups in total. The molecule has 1 saturated heterocycles. The van der Waals surface area contributed by atoms with Crippen LogP contribution in [0.5, 0.6) is 0 Å². The third-order valence-electron chi connectivity index (χ3n) is 4.49. The lowest BCUT2D eigenvalue weighted by Gasteiger charge is -2.32. The first kappa shape index (κ1) is 13.9. The van der Waals surface area contributed by atoms with Crippen LogP contribution in [0.1, 0.15) is 34.9 Å². The molecule has 1 aliphatic heterocycles. The third-order valence-corrected chi connectivity index (χ3v) is 4.49. The number of H-pyrrole nitrogens is 1. The smallest absolute Gasteiger partial charge is 0.272 e. The number of aromatic nitrogens is 3. The van der Waals surface area contributed by atoms with E-state index in [4.69, 9.17) is 0 Å². The maximum Gasteiger partial charge on any atom is 0.272 e. The van der Waals surface area contributed by atoms with Crippen molar-refractivity contribution < 1.29 is 4.79 Å². The van der Waals surface area contributed by atoms with Crippen LogP contribution in [0.25, 0.3) is 10.9 Å². The summed E-state index contributed by atoms with van der Waals surface area (Å²) in [6.07, 6.45) is 3.85. The van der Waals surface area contributed by atoms with Crippen molar-refractivity contribution in [1.29, 1.82) is 0 Å². The van der Waals surface area contributed by atoms with Crippen LogP contribution in [-0.4, -0.2) is 39.1 Å². The summed E-state index contributed by atoms with van der Waals surface area (Å²) in [5, 5.41) is 8.10. The first-order chi connectivity index (χ1) is 11.3. The Balaban J connectivity index is 1.57. The molecule has 0 spiro atoms. The number of benzene rings is 1. The van der Waals surface area contributed by atoms with Gasteiger partial charge in [-0.25, -0.2) is 4.98 Å². The van der Waals surface area contributed by atoms with E-state index in [1.54, 1.807) is 6.20 Å². The van der Waals surface area contributed by atoms with Crippen molar-refractivity contribution in [3.05, 3.63) is 60.0 Å². The van der Waals surface area contributed by atoms with Crippen molar-refractivity contribution in [2.24, 2.45) is 0 Å². The van der Waals surface area contributed by atoms with Crippen molar-refractivity contribution in [1.82, 2.24) is 20.1 Å². The standard InChI is InChI=1S/C18H18N4O/c23-18(17-8-7-13-4-1-2-6-15(13)20-17)22-11-3-5-14(12-22)16-9-10-19-21-16/h1-2,4,6-10,14H,3,5,11-12H2,(H,19,21). The van der Waals surface area contributed by atoms with Gasteiger partial charge in [-0.1, -0.05) is 24.3 Å². The second-order valence-electron chi connectivity index (χ2n) is 5.99. The number of aromatic amines is 1. The Kier molecular flexibility index (Phi) is 3.54. The van der Waals surface area contributed by atoms with Crippen LogP contribution >= 0.6 is 0 Å². The summed E-state index contributed by atoms with van der Waals surface area (Å²) in [5.74, 6) is 0.343. The van der Waals surface area contributed by atoms with Crippen molar-refractivity contribution in [2.75, 3.05) is 13.1 Å². The van der Waals surface area contributed by atoms with Crippen LogP contribution in [0.4, 0.5) is 0 Å². The Morgan fingerprint density at radius 2 is 2.09 bits per heavy atom. The minimum Gasteiger partial charge on any atom is -0.337 e. The van der Waals surface area contributed by atoms with Crippen LogP contribution in [0.15, 0.2) is 48.7 Å². The number of hydrogen-bond donors (Lipinski definition) is 1. The zero-order chi connectivity index (χ0) is 15.6. The molecular weight excluding hydrogens is 288 g/mol. The summed E-state index contributed by atoms with van der Waals surface area (Å²) in [4.78, 5) is 19.2. The van der Waals surface area contributed by atoms with Crippen LogP contribution in [0, 0.1) is 0 Å². The number of amides is 1. The number of fused-ring (bicyclic) bond motifs is 1. The van der Waals surface area contributed by atoms with E-state index in [2.05, 4.69) is 15.2 Å². The van der Waals surface area contributed by atoms with Crippen molar-refractivity contribution >= 4 is 16.8 Å². The van der Waals surface area contributed by atoms with E-state index in [0.717, 1.165) is 42.5 Å². The summed E-state index contributed by atoms with van der Waals surface area (Å²) in [6, 6.07) is 13.6. The van der Waals surface area contributed by atoms with E-state index in [0.29, 0.717) is 11.6 Å². The van der Waals surface area contributed by atoms with E-state index in [1.807, 2.05) is 47.4 Å². The monoisotopic (exact) mass is 306 g/mol. The molecule has 3 heterocycles. The molecular formula is C18H18N4O. The molecule has 4 rings (SSSR count). The number of para-hydroxylation sites is 1. The molecule has 1 aromatic carbocycles. The number of nitrogens with one attached hydrogen (secondary N) is 1. The lowest BCUT2D eigenvalue weighted by Crippen LogP contribution is -2.39. The van der Waals surface area contributed by atoms with Crippen molar-refractivity contribution in [3.63, 3.8) is 0 Å². The molecule has 1 fully saturated rings. The minimum absolute atomic E-state index is 0.0139. The van der Waals surface area contributed by atoms with Crippen LogP contribution in [-0.2, 0) is 0 Å². The lowest BCUT2D eigenvalue weighted by atomic mass is 9.94. The molecule has 116 valence electrons. The Morgan fingerprint density at radius 3 is 2.96 bits per heavy atom. The number of piperidine rings is 1. The predicted molar refractivity (Wildman–Crippen MR) is 88.2 cm³/mol. The summed E-state index contributed by atoms with van der Waals surface area (Å²) < 4.78 is 0. The molecule has 3 aromatic rings. The molecule has 1 unspecified atom stereocenters. The van der Waals surface area contributed by atoms with Crippen LogP contribution < -0.4 is 0 Å². The average Bonchev–Trinajstić information content (AvgIpc) is 3.15. The van der Waals surface area contributed by atoms with Gasteiger partial charge in [-0.3, -0.25) is 9.89 Å². The molecule has 5 nitrogen and oxygen atoms in total. The molecule has 23 heavy (non-hydrogen) atoms. The van der Waals surface area contributed by atoms with Gasteiger partial charge in [0.15, 0.2) is 0 Å². The third kappa shape index (κ3) is 2.70. The maximum atomic E-state index is 12.8. The van der Waals surface area contributed by atoms with Crippen LogP contribution in [0.2, 0.25) is 0 Å². The maximum absolute atomic E-state index is 12.8. The number of carbonyl (C=O) groups is 1. The zero-order valence-electron chi connectivity index (χ0n) is 12.8. The molecule has 1 aliphatic rings. The van der Waals surface area contributed by atoms with Gasteiger partial charge in [-0.15, -0.1) is 0 Å². The highest BCUT2D eigenvalue weighted by atomic mass is 16.2. The topological polar surface area (TPSA) is 61.9 Å². The lowest BCUT2D eigenvalue weighted by molar-refractivity contribution is 0.0700. The average molecular weight is 306 g/mol. The predicted octanol–water partition coefficient (Wildman–Crippen LogP) is 2.98. The van der Waals surface area contributed by atoms with Gasteiger partial charge < -0.3 is 4.90 Å². The molecule has 1 atom stereocenters. The Labute approximate surface area is 134 Å². The van der Waals surface area contributed by atoms with E-state index in [9.17, 15) is 4.79 Å². The largest absolute Gasteiger partial charge is 0.337 e. The molecule has 0 bridgehead atoms. The van der Waals surface area contributed by atoms with Gasteiger partial charge in [0, 0.05) is 36.3 Å². The summed E-state index contributed by atoms with van der Waals surface area (Å²) >= 11 is 0. The fourth-order valence-electron chi connectivity index (χ4n) is 3.26. The van der Waals surface area contributed by atoms with E-state index in [1.165, 1.54) is 0 Å². The molecule has 5 heteroatoms. The van der Waals surface area contributed by atoms with E-state index >= 15 is 0 Å². The van der Waals surface area contributed by atoms with E-state index < -0.39 is 0 Å². The molecule has 0 saturated carbocycles. The first-order valence-electron chi connectivity index (χ1n) is 7.95. The highest BCUT2D eigenvalue weighted by Gasteiger charge is 2.26. The Bertz CT molecular complexity index is 828. The van der Waals surface area contributed by atoms with E-state index in [-0.39, 0.29) is 5.91 Å². The normalized spacial score (nSPS) is 18.3. The SMILES string of the molecule is O=C(c1ccc2ccccc2n1)N1CCCC(c2ccn[nH]2)C1. The van der Waals surface area contributed by atoms with Gasteiger partial charge in [-0.05, 0) is 31.0 Å². The fraction of sp³-hybridized carbons (Fsp3) is 0.278. The fourth-order valence-corrected chi connectivity index (χ4v) is 3.26. The number of carbonyl (C=O) groups excluding carboxylic acids is 1. The second-order valence-corrected chi connectivity index (χ2v) is 5.99. The number of pyridine rings is 1. The summed E-state index contributed by atoms with van der Waals surface area (Å²) in [7, 11) is 0. The van der Waals surface area contributed by atoms with Gasteiger partial charge in [0.1, 0.15) is 5.69 Å². The number of likely N-dealkylation sites (tertiary alicyclic amines) is 1. The van der Waals surface area contributed by atoms with Crippen molar-refractivity contribution in [2.45, 2.75) is 18.8 Å². The number of rotatable bonds is 2. The van der Waals surface area contributed by atoms with Gasteiger partial charge >= 0.3 is 0 Å². The Hall–Kier alpha value is -2.69. The highest BCUT2D eigenvalue weighted by molar-refractivity contribution is 5.95. The minimum atomic E-state index is 0.0139. The quantitative estimate of drug-likeness (QED) is 0.791. The van der Waals surface area contributed by atoms with Gasteiger partial charge in [0.05, 0.1) is 5.52 Å². The molecule has 2 aromatic heterocycles.